The zero-order valence-electron chi connectivity index (χ0n) is 26.0. The maximum Gasteiger partial charge on any atom is 0.113 e. The lowest BCUT2D eigenvalue weighted by molar-refractivity contribution is 0.348. The van der Waals surface area contributed by atoms with Crippen molar-refractivity contribution in [1.29, 1.82) is 0 Å². The highest BCUT2D eigenvalue weighted by Gasteiger charge is 2.37. The standard InChI is InChI=1S/C21H15N9.C10H13N9/c1-10-4-16-18(24-28-22-16)6-12(10)2-14-8-20-21(27-30-26-20)9-15(14)3-13-7-19-17(5-11(1)13)23-29-25-19;1-2-10(5-11-17-16-10)4-9-8(14-19-15-9)3-7-6(1)12-18-13-7/h4-9H,1-3H2,(H,22,24,28)(H,23,25,29)(H,26,27,30);1-5H2,(H,11,16)(H,12,13,18)(H,14,15,19). The number of hydrogen-bond acceptors (Lipinski definition) is 13. The van der Waals surface area contributed by atoms with Crippen LogP contribution in [0, 0.1) is 0 Å². The molecule has 18 heteroatoms. The molecule has 3 aliphatic rings. The van der Waals surface area contributed by atoms with Crippen LogP contribution in [0.2, 0.25) is 0 Å². The molecule has 5 aromatic heterocycles. The van der Waals surface area contributed by atoms with Crippen LogP contribution in [0.1, 0.15) is 62.6 Å². The van der Waals surface area contributed by atoms with Crippen LogP contribution in [0.3, 0.4) is 0 Å². The van der Waals surface area contributed by atoms with Crippen LogP contribution >= 0.6 is 0 Å². The Morgan fingerprint density at radius 2 is 0.816 bits per heavy atom. The Bertz CT molecular complexity index is 2220. The predicted octanol–water partition coefficient (Wildman–Crippen LogP) is 2.30. The fourth-order valence-corrected chi connectivity index (χ4v) is 7.21. The summed E-state index contributed by atoms with van der Waals surface area (Å²) >= 11 is 0. The number of aromatic amines is 5. The van der Waals surface area contributed by atoms with Gasteiger partial charge in [-0.15, -0.1) is 0 Å². The van der Waals surface area contributed by atoms with E-state index in [2.05, 4.69) is 129 Å². The molecule has 1 aliphatic heterocycles. The van der Waals surface area contributed by atoms with Gasteiger partial charge in [0.1, 0.15) is 33.1 Å². The lowest BCUT2D eigenvalue weighted by Crippen LogP contribution is -2.44. The number of nitrogens with one attached hydrogen (secondary N) is 6. The highest BCUT2D eigenvalue weighted by atomic mass is 15.5. The summed E-state index contributed by atoms with van der Waals surface area (Å²) in [6.07, 6.45) is 5.58. The van der Waals surface area contributed by atoms with Crippen molar-refractivity contribution in [3.8, 4) is 0 Å². The van der Waals surface area contributed by atoms with Gasteiger partial charge in [-0.05, 0) is 102 Å². The molecule has 8 aromatic rings. The van der Waals surface area contributed by atoms with Gasteiger partial charge in [-0.1, -0.05) is 5.22 Å². The van der Waals surface area contributed by atoms with Gasteiger partial charge in [0.15, 0.2) is 0 Å². The van der Waals surface area contributed by atoms with E-state index in [9.17, 15) is 0 Å². The van der Waals surface area contributed by atoms with Crippen LogP contribution in [-0.4, -0.2) is 89.1 Å². The van der Waals surface area contributed by atoms with E-state index in [1.165, 1.54) is 33.4 Å². The van der Waals surface area contributed by atoms with Crippen molar-refractivity contribution >= 4 is 33.1 Å². The van der Waals surface area contributed by atoms with Gasteiger partial charge in [0, 0.05) is 12.8 Å². The van der Waals surface area contributed by atoms with Gasteiger partial charge in [-0.25, -0.2) is 0 Å². The van der Waals surface area contributed by atoms with Crippen molar-refractivity contribution < 1.29 is 0 Å². The molecule has 242 valence electrons. The van der Waals surface area contributed by atoms with E-state index in [0.717, 1.165) is 94.4 Å². The molecular weight excluding hydrogens is 624 g/mol. The van der Waals surface area contributed by atoms with Crippen molar-refractivity contribution in [2.24, 2.45) is 10.3 Å². The molecule has 0 bridgehead atoms. The van der Waals surface area contributed by atoms with Crippen LogP contribution < -0.4 is 5.43 Å². The molecule has 49 heavy (non-hydrogen) atoms. The largest absolute Gasteiger partial charge is 0.283 e. The lowest BCUT2D eigenvalue weighted by atomic mass is 9.89. The number of rotatable bonds is 0. The van der Waals surface area contributed by atoms with Gasteiger partial charge in [-0.2, -0.15) is 82.2 Å². The zero-order valence-corrected chi connectivity index (χ0v) is 26.0. The average Bonchev–Trinajstić information content (AvgIpc) is 3.95. The summed E-state index contributed by atoms with van der Waals surface area (Å²) in [5.41, 5.74) is 19.5. The van der Waals surface area contributed by atoms with E-state index in [1.54, 1.807) is 0 Å². The molecule has 11 rings (SSSR count). The fraction of sp³-hybridized carbons (Fsp3) is 0.290. The van der Waals surface area contributed by atoms with E-state index in [4.69, 9.17) is 0 Å². The Kier molecular flexibility index (Phi) is 6.09. The average molecular weight is 653 g/mol. The minimum atomic E-state index is -0.174. The molecule has 0 saturated heterocycles. The van der Waals surface area contributed by atoms with E-state index in [0.29, 0.717) is 13.0 Å². The van der Waals surface area contributed by atoms with Gasteiger partial charge < -0.3 is 0 Å². The first-order chi connectivity index (χ1) is 24.1. The van der Waals surface area contributed by atoms with Crippen molar-refractivity contribution in [3.05, 3.63) is 92.6 Å². The molecule has 1 atom stereocenters. The molecule has 2 aliphatic carbocycles. The van der Waals surface area contributed by atoms with Crippen molar-refractivity contribution in [2.45, 2.75) is 50.5 Å². The van der Waals surface area contributed by atoms with Gasteiger partial charge in [0.2, 0.25) is 0 Å². The molecule has 3 aromatic carbocycles. The highest BCUT2D eigenvalue weighted by Crippen LogP contribution is 2.32. The lowest BCUT2D eigenvalue weighted by Gasteiger charge is -2.25. The van der Waals surface area contributed by atoms with E-state index >= 15 is 0 Å². The number of H-pyrrole nitrogens is 5. The molecule has 6 N–H and O–H groups in total. The third-order valence-corrected chi connectivity index (χ3v) is 9.87. The molecule has 0 amide bonds. The fourth-order valence-electron chi connectivity index (χ4n) is 7.21. The van der Waals surface area contributed by atoms with Crippen LogP contribution in [-0.2, 0) is 38.5 Å². The Morgan fingerprint density at radius 3 is 1.24 bits per heavy atom. The molecule has 1 unspecified atom stereocenters. The number of aryl methyl sites for hydroxylation is 1. The number of fused-ring (bicyclic) bond motifs is 8. The Morgan fingerprint density at radius 1 is 0.429 bits per heavy atom. The van der Waals surface area contributed by atoms with E-state index in [1.807, 2.05) is 0 Å². The van der Waals surface area contributed by atoms with Crippen molar-refractivity contribution in [1.82, 2.24) is 82.5 Å². The number of benzene rings is 3. The first kappa shape index (κ1) is 27.6. The van der Waals surface area contributed by atoms with Gasteiger partial charge in [0.25, 0.3) is 0 Å². The quantitative estimate of drug-likeness (QED) is 0.139. The molecule has 1 spiro atoms. The van der Waals surface area contributed by atoms with Crippen molar-refractivity contribution in [2.75, 3.05) is 6.54 Å². The minimum Gasteiger partial charge on any atom is -0.283 e. The summed E-state index contributed by atoms with van der Waals surface area (Å²) in [6.45, 7) is 0.659. The molecule has 6 heterocycles. The number of hydrogen-bond donors (Lipinski definition) is 6. The summed E-state index contributed by atoms with van der Waals surface area (Å²) in [7, 11) is 0. The highest BCUT2D eigenvalue weighted by molar-refractivity contribution is 5.80. The number of aromatic nitrogens is 15. The second-order valence-corrected chi connectivity index (χ2v) is 12.9. The topological polar surface area (TPSA) is 245 Å². The Labute approximate surface area is 275 Å². The molecule has 0 saturated carbocycles. The van der Waals surface area contributed by atoms with Gasteiger partial charge in [0.05, 0.1) is 34.9 Å². The summed E-state index contributed by atoms with van der Waals surface area (Å²) in [5, 5.41) is 64.3. The smallest absolute Gasteiger partial charge is 0.113 e. The SMILES string of the molecule is C1CC2(CN=NN2)Cc2n[nH]nc2Cc2n[nH]nc21.c1c2c(cc3n[nH]nc13)Cc1cc3n[nH]nc3cc1Cc1cc3n[nH]nc3cc1C2. The second-order valence-electron chi connectivity index (χ2n) is 12.9. The van der Waals surface area contributed by atoms with Gasteiger partial charge >= 0.3 is 0 Å². The monoisotopic (exact) mass is 652 g/mol. The zero-order chi connectivity index (χ0) is 32.4. The second kappa shape index (κ2) is 10.8. The maximum atomic E-state index is 4.29. The van der Waals surface area contributed by atoms with Crippen molar-refractivity contribution in [3.63, 3.8) is 0 Å². The summed E-state index contributed by atoms with van der Waals surface area (Å²) in [5.74, 6) is 0. The Balaban J connectivity index is 0.000000139. The Hall–Kier alpha value is -6.46. The van der Waals surface area contributed by atoms with E-state index in [-0.39, 0.29) is 5.54 Å². The number of nitrogens with zero attached hydrogens (tertiary/aromatic N) is 12. The molecular formula is C31H28N18. The first-order valence-corrected chi connectivity index (χ1v) is 16.0. The predicted molar refractivity (Wildman–Crippen MR) is 173 cm³/mol. The van der Waals surface area contributed by atoms with Gasteiger partial charge in [-0.3, -0.25) is 5.43 Å². The minimum absolute atomic E-state index is 0.174. The summed E-state index contributed by atoms with van der Waals surface area (Å²) in [6, 6.07) is 12.9. The van der Waals surface area contributed by atoms with Crippen LogP contribution in [0.4, 0.5) is 0 Å². The normalized spacial score (nSPS) is 18.1. The van der Waals surface area contributed by atoms with Crippen LogP contribution in [0.5, 0.6) is 0 Å². The molecule has 0 radical (unpaired) electrons. The molecule has 0 fully saturated rings. The van der Waals surface area contributed by atoms with E-state index < -0.39 is 0 Å². The van der Waals surface area contributed by atoms with Crippen LogP contribution in [0.25, 0.3) is 33.1 Å². The molecule has 18 nitrogen and oxygen atoms in total. The van der Waals surface area contributed by atoms with Crippen LogP contribution in [0.15, 0.2) is 46.7 Å². The summed E-state index contributed by atoms with van der Waals surface area (Å²) < 4.78 is 0. The first-order valence-electron chi connectivity index (χ1n) is 16.0. The summed E-state index contributed by atoms with van der Waals surface area (Å²) in [4.78, 5) is 0. The maximum absolute atomic E-state index is 4.29. The third-order valence-electron chi connectivity index (χ3n) is 9.87. The third kappa shape index (κ3) is 4.86.